The van der Waals surface area contributed by atoms with E-state index in [1.807, 2.05) is 0 Å². The van der Waals surface area contributed by atoms with Gasteiger partial charge in [-0.2, -0.15) is 23.5 Å². The Morgan fingerprint density at radius 2 is 0.657 bits per heavy atom. The van der Waals surface area contributed by atoms with E-state index in [1.54, 1.807) is 54.1 Å². The van der Waals surface area contributed by atoms with Crippen molar-refractivity contribution in [2.24, 2.45) is 46.4 Å². The number of carboxylic acids is 3. The molecule has 1 aromatic rings. The average molecular weight is 2070 g/mol. The number of H-pyrrole nitrogens is 1. The maximum Gasteiger partial charge on any atom is 0.326 e. The Kier molecular flexibility index (Phi) is 60.9. The predicted octanol–water partition coefficient (Wildman–Crippen LogP) is -9.92. The van der Waals surface area contributed by atoms with Gasteiger partial charge in [0.2, 0.25) is 118 Å². The number of carboxylic acid groups (broad SMARTS) is 3. The Labute approximate surface area is 835 Å². The number of amides is 20. The van der Waals surface area contributed by atoms with Crippen LogP contribution in [0.25, 0.3) is 0 Å². The fourth-order valence-electron chi connectivity index (χ4n) is 13.4. The highest BCUT2D eigenvalue weighted by Crippen LogP contribution is 2.16. The van der Waals surface area contributed by atoms with Crippen molar-refractivity contribution in [3.05, 3.63) is 18.2 Å². The Hall–Kier alpha value is -13.2. The number of aliphatic carboxylic acids is 3. The second-order valence-electron chi connectivity index (χ2n) is 35.2. The number of aliphatic hydroxyl groups is 2. The zero-order chi connectivity index (χ0) is 109. The van der Waals surface area contributed by atoms with E-state index in [4.69, 9.17) is 34.1 Å². The van der Waals surface area contributed by atoms with Crippen molar-refractivity contribution in [2.75, 3.05) is 56.9 Å². The first-order valence-corrected chi connectivity index (χ1v) is 49.3. The molecule has 0 bridgehead atoms. The summed E-state index contributed by atoms with van der Waals surface area (Å²) in [6.07, 6.45) is 1.38. The van der Waals surface area contributed by atoms with Gasteiger partial charge in [0.25, 0.3) is 0 Å². The van der Waals surface area contributed by atoms with Crippen LogP contribution in [0.3, 0.4) is 0 Å². The lowest BCUT2D eigenvalue weighted by atomic mass is 10.0. The maximum absolute atomic E-state index is 14.3. The third-order valence-electron chi connectivity index (χ3n) is 21.3. The molecule has 57 heteroatoms. The Bertz CT molecular complexity index is 4440. The van der Waals surface area contributed by atoms with E-state index in [0.29, 0.717) is 12.2 Å². The third-order valence-corrected chi connectivity index (χ3v) is 22.6. The average Bonchev–Trinajstić information content (AvgIpc) is 1.79. The van der Waals surface area contributed by atoms with E-state index < -0.39 is 309 Å². The predicted molar refractivity (Wildman–Crippen MR) is 518 cm³/mol. The molecule has 1 aromatic heterocycles. The molecule has 55 nitrogen and oxygen atoms in total. The molecule has 0 aliphatic carbocycles. The minimum Gasteiger partial charge on any atom is -0.481 e. The van der Waals surface area contributed by atoms with Crippen LogP contribution in [0.5, 0.6) is 0 Å². The molecule has 0 fully saturated rings. The van der Waals surface area contributed by atoms with Crippen LogP contribution in [0.4, 0.5) is 0 Å². The summed E-state index contributed by atoms with van der Waals surface area (Å²) in [5.41, 5.74) is 28.2. The molecule has 0 spiro atoms. The molecule has 0 aromatic carbocycles. The zero-order valence-corrected chi connectivity index (χ0v) is 84.1. The van der Waals surface area contributed by atoms with Gasteiger partial charge < -0.3 is 160 Å². The van der Waals surface area contributed by atoms with Crippen LogP contribution in [0.2, 0.25) is 0 Å². The van der Waals surface area contributed by atoms with E-state index in [1.165, 1.54) is 56.8 Å². The van der Waals surface area contributed by atoms with Crippen molar-refractivity contribution in [3.8, 4) is 0 Å². The molecular weight excluding hydrogens is 1920 g/mol. The first kappa shape index (κ1) is 128. The first-order chi connectivity index (χ1) is 67.1. The van der Waals surface area contributed by atoms with Crippen molar-refractivity contribution in [3.63, 3.8) is 0 Å². The van der Waals surface area contributed by atoms with Gasteiger partial charge in [-0.15, -0.1) is 0 Å². The van der Waals surface area contributed by atoms with E-state index in [0.717, 1.165) is 6.92 Å². The van der Waals surface area contributed by atoms with Crippen LogP contribution in [-0.2, 0) is 117 Å². The van der Waals surface area contributed by atoms with Gasteiger partial charge in [0.15, 0.2) is 5.96 Å². The number of hydrogen-bond donors (Lipinski definition) is 31. The lowest BCUT2D eigenvalue weighted by molar-refractivity contribution is -0.142. The van der Waals surface area contributed by atoms with E-state index in [2.05, 4.69) is 111 Å². The summed E-state index contributed by atoms with van der Waals surface area (Å²) in [5, 5.41) is 103. The number of carbonyl (C=O) groups excluding carboxylic acids is 20. The number of carbonyl (C=O) groups is 23. The topological polar surface area (TPSA) is 905 Å². The maximum atomic E-state index is 14.3. The van der Waals surface area contributed by atoms with Gasteiger partial charge in [0.1, 0.15) is 103 Å². The number of unbranched alkanes of at least 4 members (excludes halogenated alkanes) is 1. The summed E-state index contributed by atoms with van der Waals surface area (Å²) in [7, 11) is 0. The summed E-state index contributed by atoms with van der Waals surface area (Å²) in [6.45, 7) is 11.9. The van der Waals surface area contributed by atoms with Gasteiger partial charge in [0.05, 0.1) is 37.8 Å². The van der Waals surface area contributed by atoms with Crippen molar-refractivity contribution >= 4 is 166 Å². The summed E-state index contributed by atoms with van der Waals surface area (Å²) in [6, 6.07) is -27.8. The summed E-state index contributed by atoms with van der Waals surface area (Å²) < 4.78 is 0. The number of rotatable bonds is 73. The Balaban J connectivity index is 3.39. The van der Waals surface area contributed by atoms with Crippen molar-refractivity contribution in [1.82, 2.24) is 111 Å². The molecular formula is C86H147N27O28S2. The van der Waals surface area contributed by atoms with Crippen LogP contribution < -0.4 is 130 Å². The third kappa shape index (κ3) is 52.4. The molecule has 36 N–H and O–H groups in total. The number of aromatic nitrogens is 2. The molecule has 20 amide bonds. The molecule has 1 heterocycles. The van der Waals surface area contributed by atoms with Crippen LogP contribution >= 0.6 is 23.5 Å². The van der Waals surface area contributed by atoms with Gasteiger partial charge in [-0.05, 0) is 166 Å². The molecule has 1 rings (SSSR count). The minimum atomic E-state index is -1.88. The van der Waals surface area contributed by atoms with Crippen LogP contribution in [0.15, 0.2) is 12.5 Å². The second kappa shape index (κ2) is 68.1. The number of aromatic amines is 1. The zero-order valence-electron chi connectivity index (χ0n) is 82.4. The van der Waals surface area contributed by atoms with Crippen molar-refractivity contribution in [2.45, 2.75) is 300 Å². The summed E-state index contributed by atoms with van der Waals surface area (Å²) in [5.74, 6) is -25.6. The molecule has 0 aliphatic heterocycles. The standard InChI is InChI=1S/C86H147N27O28S2/c1-41(2)32-57(80(135)100-45(8)69(124)97-46(9)70(125)108-58(33-42(3)4)81(136)103-50(16-13-14-28-87)75(130)105-53(19-23-64(90)117)78(133)111-60(85(140)141)35-48-36-93-40-96-48)110-84(139)62(39-115)112-79(134)56(27-31-143-12)107-77(132)55(21-25-67(121)122)106-76(131)52(18-22-63(89)116)101-65(118)37-95-68(123)44(7)98-73(128)51(17-15-29-94-86(91)92)104-83(138)61(38-114)113-82(137)59(34-43(5)6)109-71(126)47(10)99-74(129)54(20-24-66(119)120)102-72(127)49(88)26-30-142-11/h36,40-47,49-62,114-115H,13-35,37-39,87-88H2,1-12H3,(H2,89,116)(H2,90,117)(H,93,96)(H,95,123)(H,97,124)(H,98,128)(H,99,129)(H,100,135)(H,101,118)(H,102,127)(H,103,136)(H,104,138)(H,105,130)(H,106,131)(H,107,132)(H,108,125)(H,109,126)(H,110,139)(H,111,133)(H,112,134)(H,113,137)(H,119,120)(H,121,122)(H,140,141)(H4,91,92,94)/t44-,45-,46-,47-,49-,50-,51-,52-,53-,54-,55-,56-,57-,58-,59-,60-,61-,62-/m0/s1. The SMILES string of the molecule is CSCC[C@H](NC(=O)[C@H](CCC(=O)O)NC(=O)[C@H](CCC(N)=O)NC(=O)CNC(=O)[C@H](C)NC(=O)[C@H](CCCNC(=N)N)NC(=O)[C@H](CO)NC(=O)[C@H](CC(C)C)NC(=O)[C@H](C)NC(=O)[C@H](CCC(=O)O)NC(=O)[C@@H](N)CCSC)C(=O)N[C@@H](CO)C(=O)N[C@@H](CC(C)C)C(=O)N[C@@H](C)C(=O)N[C@@H](C)C(=O)N[C@@H](CC(C)C)C(=O)N[C@@H](CCCCN)C(=O)N[C@@H](CCC(N)=O)C(=O)N[C@@H](Cc1c[nH]cn1)C(=O)O. The van der Waals surface area contributed by atoms with E-state index in [9.17, 15) is 136 Å². The van der Waals surface area contributed by atoms with Gasteiger partial charge in [-0.25, -0.2) is 9.78 Å². The van der Waals surface area contributed by atoms with Gasteiger partial charge in [0, 0.05) is 44.8 Å². The number of guanidine groups is 1. The smallest absolute Gasteiger partial charge is 0.326 e. The monoisotopic (exact) mass is 2070 g/mol. The van der Waals surface area contributed by atoms with Crippen molar-refractivity contribution < 1.29 is 136 Å². The second-order valence-corrected chi connectivity index (χ2v) is 37.1. The number of aliphatic hydroxyl groups excluding tert-OH is 2. The summed E-state index contributed by atoms with van der Waals surface area (Å²) in [4.78, 5) is 316. The highest BCUT2D eigenvalue weighted by atomic mass is 32.2. The lowest BCUT2D eigenvalue weighted by Crippen LogP contribution is -2.61. The quantitative estimate of drug-likeness (QED) is 0.0164. The molecule has 0 unspecified atom stereocenters. The molecule has 806 valence electrons. The van der Waals surface area contributed by atoms with Crippen LogP contribution in [0, 0.1) is 23.2 Å². The molecule has 0 radical (unpaired) electrons. The molecule has 143 heavy (non-hydrogen) atoms. The summed E-state index contributed by atoms with van der Waals surface area (Å²) >= 11 is 2.58. The number of hydrogen-bond acceptors (Lipinski definition) is 31. The Morgan fingerprint density at radius 3 is 1.01 bits per heavy atom. The fraction of sp³-hybridized carbons (Fsp3) is 0.686. The van der Waals surface area contributed by atoms with Gasteiger partial charge in [-0.1, -0.05) is 41.5 Å². The first-order valence-electron chi connectivity index (χ1n) is 46.5. The molecule has 0 saturated carbocycles. The van der Waals surface area contributed by atoms with Crippen LogP contribution in [-0.4, -0.2) is 343 Å². The number of nitrogens with one attached hydrogen (secondary N) is 21. The highest BCUT2D eigenvalue weighted by molar-refractivity contribution is 7.98. The fourth-order valence-corrected chi connectivity index (χ4v) is 14.3. The van der Waals surface area contributed by atoms with E-state index >= 15 is 0 Å². The Morgan fingerprint density at radius 1 is 0.357 bits per heavy atom. The number of imidazole rings is 1. The largest absolute Gasteiger partial charge is 0.481 e. The number of nitrogens with zero attached hydrogens (tertiary/aromatic N) is 1. The number of thioether (sulfide) groups is 2. The minimum absolute atomic E-state index is 0.00853. The van der Waals surface area contributed by atoms with E-state index in [-0.39, 0.29) is 119 Å². The molecule has 0 saturated heterocycles. The molecule has 0 aliphatic rings. The van der Waals surface area contributed by atoms with Crippen LogP contribution in [0.1, 0.15) is 191 Å². The number of nitrogens with two attached hydrogens (primary N) is 5. The van der Waals surface area contributed by atoms with Gasteiger partial charge in [-0.3, -0.25) is 111 Å². The number of primary amides is 2. The van der Waals surface area contributed by atoms with Crippen molar-refractivity contribution in [1.29, 1.82) is 5.41 Å². The normalized spacial score (nSPS) is 14.9. The lowest BCUT2D eigenvalue weighted by Gasteiger charge is -2.28. The highest BCUT2D eigenvalue weighted by Gasteiger charge is 2.40. The molecule has 18 atom stereocenters. The van der Waals surface area contributed by atoms with Gasteiger partial charge >= 0.3 is 17.9 Å².